The van der Waals surface area contributed by atoms with Crippen LogP contribution in [0.1, 0.15) is 43.2 Å². The molecule has 2 amide bonds. The van der Waals surface area contributed by atoms with Crippen LogP contribution in [0, 0.1) is 0 Å². The van der Waals surface area contributed by atoms with Gasteiger partial charge in [-0.2, -0.15) is 0 Å². The summed E-state index contributed by atoms with van der Waals surface area (Å²) in [6.45, 7) is -0.579. The number of anilines is 1. The quantitative estimate of drug-likeness (QED) is 0.232. The summed E-state index contributed by atoms with van der Waals surface area (Å²) in [5, 5.41) is 4.20. The maximum absolute atomic E-state index is 14.2. The molecular weight excluding hydrogens is 652 g/mol. The van der Waals surface area contributed by atoms with Gasteiger partial charge < -0.3 is 10.2 Å². The predicted octanol–water partition coefficient (Wildman–Crippen LogP) is 7.16. The number of carbonyl (C=O) groups is 2. The minimum Gasteiger partial charge on any atom is -0.352 e. The van der Waals surface area contributed by atoms with Crippen LogP contribution in [0.3, 0.4) is 0 Å². The maximum Gasteiger partial charge on any atom is 0.244 e. The topological polar surface area (TPSA) is 86.8 Å². The fourth-order valence-corrected chi connectivity index (χ4v) is 6.64. The zero-order valence-corrected chi connectivity index (χ0v) is 27.5. The van der Waals surface area contributed by atoms with Crippen LogP contribution in [-0.4, -0.2) is 50.0 Å². The molecule has 0 saturated heterocycles. The lowest BCUT2D eigenvalue weighted by Gasteiger charge is -2.35. The van der Waals surface area contributed by atoms with Gasteiger partial charge in [0.25, 0.3) is 0 Å². The Bertz CT molecular complexity index is 1550. The molecule has 0 bridgehead atoms. The van der Waals surface area contributed by atoms with Crippen LogP contribution in [0.2, 0.25) is 20.1 Å². The van der Waals surface area contributed by atoms with E-state index in [-0.39, 0.29) is 40.6 Å². The molecule has 0 aliphatic heterocycles. The van der Waals surface area contributed by atoms with Crippen LogP contribution in [-0.2, 0) is 32.6 Å². The van der Waals surface area contributed by atoms with Gasteiger partial charge in [-0.1, -0.05) is 102 Å². The molecule has 4 rings (SSSR count). The Kier molecular flexibility index (Phi) is 11.6. The molecule has 0 heterocycles. The molecule has 7 nitrogen and oxygen atoms in total. The first-order chi connectivity index (χ1) is 20.4. The van der Waals surface area contributed by atoms with E-state index >= 15 is 0 Å². The van der Waals surface area contributed by atoms with Gasteiger partial charge in [0.15, 0.2) is 0 Å². The lowest BCUT2D eigenvalue weighted by atomic mass is 9.94. The normalized spacial score (nSPS) is 14.6. The van der Waals surface area contributed by atoms with Gasteiger partial charge in [-0.3, -0.25) is 13.9 Å². The van der Waals surface area contributed by atoms with Crippen LogP contribution >= 0.6 is 46.4 Å². The average molecular weight is 686 g/mol. The van der Waals surface area contributed by atoms with E-state index in [1.54, 1.807) is 18.2 Å². The molecule has 3 aromatic rings. The molecule has 12 heteroatoms. The Hall–Kier alpha value is -2.49. The van der Waals surface area contributed by atoms with Crippen LogP contribution in [0.15, 0.2) is 66.7 Å². The van der Waals surface area contributed by atoms with Crippen molar-refractivity contribution >= 4 is 73.9 Å². The molecule has 0 spiro atoms. The number of sulfonamides is 1. The first-order valence-electron chi connectivity index (χ1n) is 13.9. The Labute approximate surface area is 273 Å². The number of carbonyl (C=O) groups excluding carboxylic acids is 2. The molecule has 0 unspecified atom stereocenters. The lowest BCUT2D eigenvalue weighted by molar-refractivity contribution is -0.140. The van der Waals surface area contributed by atoms with Crippen LogP contribution in [0.25, 0.3) is 0 Å². The molecule has 230 valence electrons. The van der Waals surface area contributed by atoms with E-state index < -0.39 is 28.5 Å². The third kappa shape index (κ3) is 9.25. The molecule has 3 aromatic carbocycles. The fourth-order valence-electron chi connectivity index (χ4n) is 5.19. The number of nitrogens with one attached hydrogen (secondary N) is 1. The van der Waals surface area contributed by atoms with E-state index in [9.17, 15) is 18.0 Å². The SMILES string of the molecule is CS(=O)(=O)N(CC(=O)N(Cc1ccc(Cl)c(Cl)c1)[C@H](Cc1ccccc1)C(=O)NC1CCCCC1)c1ccc(Cl)c(Cl)c1. The number of halogens is 4. The second kappa shape index (κ2) is 15.0. The van der Waals surface area contributed by atoms with Gasteiger partial charge in [0.1, 0.15) is 12.6 Å². The summed E-state index contributed by atoms with van der Waals surface area (Å²) in [5.74, 6) is -0.882. The highest BCUT2D eigenvalue weighted by Crippen LogP contribution is 2.29. The smallest absolute Gasteiger partial charge is 0.244 e. The minimum atomic E-state index is -3.94. The van der Waals surface area contributed by atoms with Crippen molar-refractivity contribution in [3.8, 4) is 0 Å². The van der Waals surface area contributed by atoms with Crippen molar-refractivity contribution in [1.82, 2.24) is 10.2 Å². The van der Waals surface area contributed by atoms with Gasteiger partial charge in [-0.05, 0) is 54.3 Å². The van der Waals surface area contributed by atoms with E-state index in [1.165, 1.54) is 23.1 Å². The molecular formula is C31H33Cl4N3O4S. The highest BCUT2D eigenvalue weighted by Gasteiger charge is 2.34. The largest absolute Gasteiger partial charge is 0.352 e. The predicted molar refractivity (Wildman–Crippen MR) is 175 cm³/mol. The second-order valence-corrected chi connectivity index (χ2v) is 14.2. The average Bonchev–Trinajstić information content (AvgIpc) is 2.97. The molecule has 1 aliphatic carbocycles. The summed E-state index contributed by atoms with van der Waals surface area (Å²) in [5.41, 5.74) is 1.65. The highest BCUT2D eigenvalue weighted by atomic mass is 35.5. The van der Waals surface area contributed by atoms with Crippen molar-refractivity contribution < 1.29 is 18.0 Å². The summed E-state index contributed by atoms with van der Waals surface area (Å²) < 4.78 is 26.9. The van der Waals surface area contributed by atoms with Gasteiger partial charge in [0.2, 0.25) is 21.8 Å². The van der Waals surface area contributed by atoms with Crippen molar-refractivity contribution in [3.63, 3.8) is 0 Å². The summed E-state index contributed by atoms with van der Waals surface area (Å²) in [6, 6.07) is 17.8. The number of rotatable bonds is 11. The standard InChI is InChI=1S/C31H33Cl4N3O4S/c1-43(41,42)38(24-13-15-26(33)28(35)18-24)20-30(39)37(19-22-12-14-25(32)27(34)16-22)29(17-21-8-4-2-5-9-21)31(40)36-23-10-6-3-7-11-23/h2,4-5,8-9,12-16,18,23,29H,3,6-7,10-11,17,19-20H2,1H3,(H,36,40)/t29-/m1/s1. The number of nitrogens with zero attached hydrogens (tertiary/aromatic N) is 2. The van der Waals surface area contributed by atoms with Crippen molar-refractivity contribution in [2.75, 3.05) is 17.1 Å². The van der Waals surface area contributed by atoms with Crippen LogP contribution in [0.5, 0.6) is 0 Å². The molecule has 1 fully saturated rings. The molecule has 1 N–H and O–H groups in total. The molecule has 43 heavy (non-hydrogen) atoms. The molecule has 1 saturated carbocycles. The molecule has 1 aliphatic rings. The number of amides is 2. The molecule has 0 aromatic heterocycles. The van der Waals surface area contributed by atoms with Gasteiger partial charge in [-0.25, -0.2) is 8.42 Å². The van der Waals surface area contributed by atoms with Gasteiger partial charge in [0, 0.05) is 19.0 Å². The van der Waals surface area contributed by atoms with Crippen molar-refractivity contribution in [1.29, 1.82) is 0 Å². The summed E-state index contributed by atoms with van der Waals surface area (Å²) in [4.78, 5) is 29.6. The fraction of sp³-hybridized carbons (Fsp3) is 0.355. The van der Waals surface area contributed by atoms with E-state index in [1.807, 2.05) is 30.3 Å². The van der Waals surface area contributed by atoms with Crippen LogP contribution < -0.4 is 9.62 Å². The monoisotopic (exact) mass is 683 g/mol. The van der Waals surface area contributed by atoms with Crippen molar-refractivity contribution in [2.45, 2.75) is 57.2 Å². The van der Waals surface area contributed by atoms with Crippen molar-refractivity contribution in [3.05, 3.63) is 97.9 Å². The summed E-state index contributed by atoms with van der Waals surface area (Å²) in [7, 11) is -3.94. The number of benzene rings is 3. The lowest BCUT2D eigenvalue weighted by Crippen LogP contribution is -2.55. The highest BCUT2D eigenvalue weighted by molar-refractivity contribution is 7.92. The second-order valence-electron chi connectivity index (χ2n) is 10.7. The third-order valence-corrected chi connectivity index (χ3v) is 10.0. The van der Waals surface area contributed by atoms with E-state index in [2.05, 4.69) is 5.32 Å². The molecule has 1 atom stereocenters. The first kappa shape index (κ1) is 33.4. The summed E-state index contributed by atoms with van der Waals surface area (Å²) >= 11 is 24.7. The number of hydrogen-bond acceptors (Lipinski definition) is 4. The Balaban J connectivity index is 1.74. The van der Waals surface area contributed by atoms with E-state index in [4.69, 9.17) is 46.4 Å². The van der Waals surface area contributed by atoms with E-state index in [0.717, 1.165) is 48.2 Å². The summed E-state index contributed by atoms with van der Waals surface area (Å²) in [6.07, 6.45) is 6.12. The zero-order valence-electron chi connectivity index (χ0n) is 23.6. The van der Waals surface area contributed by atoms with Gasteiger partial charge >= 0.3 is 0 Å². The zero-order chi connectivity index (χ0) is 31.1. The number of hydrogen-bond donors (Lipinski definition) is 1. The van der Waals surface area contributed by atoms with E-state index in [0.29, 0.717) is 15.6 Å². The Morgan fingerprint density at radius 2 is 1.47 bits per heavy atom. The first-order valence-corrected chi connectivity index (χ1v) is 17.3. The Morgan fingerprint density at radius 3 is 2.07 bits per heavy atom. The Morgan fingerprint density at radius 1 is 0.837 bits per heavy atom. The van der Waals surface area contributed by atoms with Gasteiger partial charge in [0.05, 0.1) is 32.0 Å². The van der Waals surface area contributed by atoms with Gasteiger partial charge in [-0.15, -0.1) is 0 Å². The van der Waals surface area contributed by atoms with Crippen LogP contribution in [0.4, 0.5) is 5.69 Å². The third-order valence-electron chi connectivity index (χ3n) is 7.43. The maximum atomic E-state index is 14.2. The minimum absolute atomic E-state index is 0.00480. The molecule has 0 radical (unpaired) electrons. The van der Waals surface area contributed by atoms with Crippen molar-refractivity contribution in [2.24, 2.45) is 0 Å².